The maximum Gasteiger partial charge on any atom is 0.191 e. The minimum Gasteiger partial charge on any atom is -0.379 e. The van der Waals surface area contributed by atoms with Gasteiger partial charge in [-0.1, -0.05) is 12.1 Å². The highest BCUT2D eigenvalue weighted by Gasteiger charge is 2.09. The number of benzene rings is 1. The Balaban J connectivity index is 0.00000312. The van der Waals surface area contributed by atoms with E-state index in [0.717, 1.165) is 51.9 Å². The summed E-state index contributed by atoms with van der Waals surface area (Å²) >= 11 is 0. The number of morpholine rings is 1. The topological polar surface area (TPSA) is 52.1 Å². The van der Waals surface area contributed by atoms with Gasteiger partial charge >= 0.3 is 0 Å². The molecule has 1 aromatic rings. The predicted molar refractivity (Wildman–Crippen MR) is 116 cm³/mol. The van der Waals surface area contributed by atoms with Gasteiger partial charge in [-0.25, -0.2) is 4.99 Å². The molecule has 0 spiro atoms. The Morgan fingerprint density at radius 3 is 2.68 bits per heavy atom. The average Bonchev–Trinajstić information content (AvgIpc) is 2.61. The number of anilines is 1. The number of hydrogen-bond donors (Lipinski definition) is 2. The van der Waals surface area contributed by atoms with Crippen LogP contribution >= 0.6 is 24.0 Å². The third-order valence-electron chi connectivity index (χ3n) is 4.02. The van der Waals surface area contributed by atoms with Gasteiger partial charge in [0.05, 0.1) is 19.8 Å². The summed E-state index contributed by atoms with van der Waals surface area (Å²) in [6.07, 6.45) is 0. The zero-order chi connectivity index (χ0) is 17.2. The lowest BCUT2D eigenvalue weighted by atomic mass is 10.2. The van der Waals surface area contributed by atoms with E-state index in [-0.39, 0.29) is 24.0 Å². The molecule has 7 heteroatoms. The first-order valence-electron chi connectivity index (χ1n) is 8.77. The summed E-state index contributed by atoms with van der Waals surface area (Å²) in [5, 5.41) is 6.73. The molecule has 0 atom stereocenters. The fourth-order valence-corrected chi connectivity index (χ4v) is 2.60. The van der Waals surface area contributed by atoms with Gasteiger partial charge in [0.15, 0.2) is 5.96 Å². The van der Waals surface area contributed by atoms with Crippen molar-refractivity contribution in [2.75, 3.05) is 64.9 Å². The molecule has 0 amide bonds. The Hall–Kier alpha value is -1.06. The van der Waals surface area contributed by atoms with Crippen LogP contribution in [0.15, 0.2) is 29.3 Å². The molecule has 0 aromatic heterocycles. The van der Waals surface area contributed by atoms with Gasteiger partial charge in [0, 0.05) is 52.5 Å². The Morgan fingerprint density at radius 2 is 2.00 bits per heavy atom. The molecule has 0 radical (unpaired) electrons. The van der Waals surface area contributed by atoms with Crippen molar-refractivity contribution in [3.05, 3.63) is 29.8 Å². The summed E-state index contributed by atoms with van der Waals surface area (Å²) in [5.74, 6) is 0.876. The van der Waals surface area contributed by atoms with Crippen LogP contribution in [-0.4, -0.2) is 70.9 Å². The Kier molecular flexibility index (Phi) is 10.8. The summed E-state index contributed by atoms with van der Waals surface area (Å²) in [7, 11) is 4.11. The van der Waals surface area contributed by atoms with E-state index in [9.17, 15) is 0 Å². The van der Waals surface area contributed by atoms with E-state index >= 15 is 0 Å². The van der Waals surface area contributed by atoms with Crippen molar-refractivity contribution in [3.63, 3.8) is 0 Å². The number of guanidine groups is 1. The van der Waals surface area contributed by atoms with Gasteiger partial charge in [0.1, 0.15) is 0 Å². The number of nitrogens with one attached hydrogen (secondary N) is 2. The van der Waals surface area contributed by atoms with E-state index in [1.165, 1.54) is 11.3 Å². The van der Waals surface area contributed by atoms with Crippen LogP contribution in [0.2, 0.25) is 0 Å². The first-order valence-corrected chi connectivity index (χ1v) is 8.77. The van der Waals surface area contributed by atoms with E-state index in [0.29, 0.717) is 6.54 Å². The molecule has 142 valence electrons. The number of aliphatic imine (C=N–C) groups is 1. The normalized spacial score (nSPS) is 15.4. The fourth-order valence-electron chi connectivity index (χ4n) is 2.60. The monoisotopic (exact) mass is 461 g/mol. The second kappa shape index (κ2) is 12.3. The smallest absolute Gasteiger partial charge is 0.191 e. The SMILES string of the molecule is CCNC(=NCc1cccc(N(C)C)c1)NCCN1CCOCC1.I. The van der Waals surface area contributed by atoms with Crippen LogP contribution < -0.4 is 15.5 Å². The minimum atomic E-state index is 0. The van der Waals surface area contributed by atoms with Crippen molar-refractivity contribution >= 4 is 35.6 Å². The number of nitrogens with zero attached hydrogens (tertiary/aromatic N) is 3. The quantitative estimate of drug-likeness (QED) is 0.368. The van der Waals surface area contributed by atoms with Crippen LogP contribution in [-0.2, 0) is 11.3 Å². The van der Waals surface area contributed by atoms with Crippen LogP contribution in [0.3, 0.4) is 0 Å². The van der Waals surface area contributed by atoms with Crippen molar-refractivity contribution in [3.8, 4) is 0 Å². The van der Waals surface area contributed by atoms with Gasteiger partial charge < -0.3 is 20.3 Å². The first-order chi connectivity index (χ1) is 11.7. The average molecular weight is 461 g/mol. The fraction of sp³-hybridized carbons (Fsp3) is 0.611. The Bertz CT molecular complexity index is 518. The maximum atomic E-state index is 5.38. The van der Waals surface area contributed by atoms with E-state index in [4.69, 9.17) is 9.73 Å². The number of ether oxygens (including phenoxy) is 1. The standard InChI is InChI=1S/C18H31N5O.HI/c1-4-19-18(20-8-9-23-10-12-24-13-11-23)21-15-16-6-5-7-17(14-16)22(2)3;/h5-7,14H,4,8-13,15H2,1-3H3,(H2,19,20,21);1H. The van der Waals surface area contributed by atoms with E-state index in [2.05, 4.69) is 65.7 Å². The van der Waals surface area contributed by atoms with Gasteiger partial charge in [-0.15, -0.1) is 24.0 Å². The Morgan fingerprint density at radius 1 is 1.24 bits per heavy atom. The van der Waals surface area contributed by atoms with Gasteiger partial charge in [-0.2, -0.15) is 0 Å². The molecule has 2 N–H and O–H groups in total. The van der Waals surface area contributed by atoms with Crippen molar-refractivity contribution in [2.45, 2.75) is 13.5 Å². The molecule has 2 rings (SSSR count). The molecule has 1 aliphatic rings. The largest absolute Gasteiger partial charge is 0.379 e. The molecule has 0 unspecified atom stereocenters. The Labute approximate surface area is 169 Å². The lowest BCUT2D eigenvalue weighted by Crippen LogP contribution is -2.44. The molecule has 1 aromatic carbocycles. The second-order valence-electron chi connectivity index (χ2n) is 6.14. The molecule has 0 bridgehead atoms. The highest BCUT2D eigenvalue weighted by Crippen LogP contribution is 2.13. The van der Waals surface area contributed by atoms with Crippen LogP contribution in [0, 0.1) is 0 Å². The summed E-state index contributed by atoms with van der Waals surface area (Å²) in [6.45, 7) is 9.26. The molecule has 1 saturated heterocycles. The lowest BCUT2D eigenvalue weighted by molar-refractivity contribution is 0.0389. The summed E-state index contributed by atoms with van der Waals surface area (Å²) in [6, 6.07) is 8.49. The van der Waals surface area contributed by atoms with Gasteiger partial charge in [-0.3, -0.25) is 4.90 Å². The molecule has 6 nitrogen and oxygen atoms in total. The van der Waals surface area contributed by atoms with Crippen LogP contribution in [0.4, 0.5) is 5.69 Å². The first kappa shape index (κ1) is 22.0. The molecular weight excluding hydrogens is 429 g/mol. The molecule has 25 heavy (non-hydrogen) atoms. The molecule has 1 fully saturated rings. The van der Waals surface area contributed by atoms with Crippen molar-refractivity contribution in [1.82, 2.24) is 15.5 Å². The van der Waals surface area contributed by atoms with E-state index < -0.39 is 0 Å². The van der Waals surface area contributed by atoms with Gasteiger partial charge in [-0.05, 0) is 24.6 Å². The van der Waals surface area contributed by atoms with E-state index in [1.807, 2.05) is 0 Å². The number of halogens is 1. The highest BCUT2D eigenvalue weighted by molar-refractivity contribution is 14.0. The van der Waals surface area contributed by atoms with E-state index in [1.54, 1.807) is 0 Å². The second-order valence-corrected chi connectivity index (χ2v) is 6.14. The molecular formula is C18H32IN5O. The maximum absolute atomic E-state index is 5.38. The van der Waals surface area contributed by atoms with Crippen LogP contribution in [0.5, 0.6) is 0 Å². The highest BCUT2D eigenvalue weighted by atomic mass is 127. The van der Waals surface area contributed by atoms with Gasteiger partial charge in [0.25, 0.3) is 0 Å². The van der Waals surface area contributed by atoms with Crippen molar-refractivity contribution in [1.29, 1.82) is 0 Å². The molecule has 0 saturated carbocycles. The molecule has 1 aliphatic heterocycles. The molecule has 0 aliphatic carbocycles. The van der Waals surface area contributed by atoms with Crippen molar-refractivity contribution in [2.24, 2.45) is 4.99 Å². The minimum absolute atomic E-state index is 0. The van der Waals surface area contributed by atoms with Gasteiger partial charge in [0.2, 0.25) is 0 Å². The summed E-state index contributed by atoms with van der Waals surface area (Å²) in [5.41, 5.74) is 2.42. The predicted octanol–water partition coefficient (Wildman–Crippen LogP) is 1.76. The third-order valence-corrected chi connectivity index (χ3v) is 4.02. The zero-order valence-electron chi connectivity index (χ0n) is 15.6. The molecule has 1 heterocycles. The lowest BCUT2D eigenvalue weighted by Gasteiger charge is -2.26. The van der Waals surface area contributed by atoms with Crippen LogP contribution in [0.25, 0.3) is 0 Å². The van der Waals surface area contributed by atoms with Crippen molar-refractivity contribution < 1.29 is 4.74 Å². The number of rotatable bonds is 7. The third kappa shape index (κ3) is 8.24. The zero-order valence-corrected chi connectivity index (χ0v) is 18.0. The summed E-state index contributed by atoms with van der Waals surface area (Å²) in [4.78, 5) is 9.23. The summed E-state index contributed by atoms with van der Waals surface area (Å²) < 4.78 is 5.38. The van der Waals surface area contributed by atoms with Crippen LogP contribution in [0.1, 0.15) is 12.5 Å². The number of hydrogen-bond acceptors (Lipinski definition) is 4.